The molecule has 2 aromatic carbocycles. The summed E-state index contributed by atoms with van der Waals surface area (Å²) in [5, 5.41) is 23.6. The second-order valence-corrected chi connectivity index (χ2v) is 8.92. The standard InChI is InChI=1S/C28H41N3O4/c1-3-16-31(17-4-2)28(35)23-14-10-13-22(27(29)34)26(23)24(19-21-11-6-5-7-12-21)25(33)20-30-15-8-9-18-32/h5-7,10-14,24-25,30,32-33H,3-4,8-9,15-20H2,1-2H3,(H2,29,34)/t24-,25+/m1/s1. The zero-order valence-corrected chi connectivity index (χ0v) is 21.1. The Kier molecular flexibility index (Phi) is 12.5. The molecule has 0 aliphatic carbocycles. The minimum absolute atomic E-state index is 0.129. The molecule has 192 valence electrons. The Hall–Kier alpha value is -2.74. The van der Waals surface area contributed by atoms with Gasteiger partial charge < -0.3 is 26.2 Å². The van der Waals surface area contributed by atoms with Gasteiger partial charge in [0.15, 0.2) is 0 Å². The SMILES string of the molecule is CCCN(CCC)C(=O)c1cccc(C(N)=O)c1[C@H](Cc1ccccc1)[C@@H](O)CNCCCCO. The number of carbonyl (C=O) groups excluding carboxylic acids is 2. The molecule has 5 N–H and O–H groups in total. The fraction of sp³-hybridized carbons (Fsp3) is 0.500. The van der Waals surface area contributed by atoms with Gasteiger partial charge in [-0.25, -0.2) is 0 Å². The minimum atomic E-state index is -0.859. The highest BCUT2D eigenvalue weighted by Crippen LogP contribution is 2.32. The van der Waals surface area contributed by atoms with Crippen LogP contribution in [0.4, 0.5) is 0 Å². The van der Waals surface area contributed by atoms with Gasteiger partial charge in [-0.1, -0.05) is 50.2 Å². The molecule has 0 radical (unpaired) electrons. The lowest BCUT2D eigenvalue weighted by atomic mass is 9.81. The fourth-order valence-electron chi connectivity index (χ4n) is 4.44. The molecular formula is C28H41N3O4. The van der Waals surface area contributed by atoms with Crippen LogP contribution in [0.15, 0.2) is 48.5 Å². The van der Waals surface area contributed by atoms with Crippen LogP contribution >= 0.6 is 0 Å². The third-order valence-corrected chi connectivity index (χ3v) is 6.13. The topological polar surface area (TPSA) is 116 Å². The van der Waals surface area contributed by atoms with Gasteiger partial charge in [0.1, 0.15) is 0 Å². The van der Waals surface area contributed by atoms with Crippen LogP contribution in [0.3, 0.4) is 0 Å². The number of unbranched alkanes of at least 4 members (excludes halogenated alkanes) is 1. The number of primary amides is 1. The molecule has 0 heterocycles. The van der Waals surface area contributed by atoms with E-state index in [0.29, 0.717) is 43.6 Å². The van der Waals surface area contributed by atoms with Crippen LogP contribution < -0.4 is 11.1 Å². The first-order valence-electron chi connectivity index (χ1n) is 12.7. The third kappa shape index (κ3) is 8.46. The number of amides is 2. The van der Waals surface area contributed by atoms with E-state index in [-0.39, 0.29) is 24.6 Å². The van der Waals surface area contributed by atoms with Gasteiger partial charge in [-0.3, -0.25) is 9.59 Å². The van der Waals surface area contributed by atoms with Crippen LogP contribution in [0, 0.1) is 0 Å². The molecule has 0 aliphatic rings. The van der Waals surface area contributed by atoms with Crippen LogP contribution in [0.25, 0.3) is 0 Å². The molecule has 0 unspecified atom stereocenters. The lowest BCUT2D eigenvalue weighted by Gasteiger charge is -2.29. The first kappa shape index (κ1) is 28.5. The minimum Gasteiger partial charge on any atom is -0.396 e. The molecule has 0 saturated heterocycles. The molecule has 2 rings (SSSR count). The van der Waals surface area contributed by atoms with Crippen molar-refractivity contribution in [3.8, 4) is 0 Å². The summed E-state index contributed by atoms with van der Waals surface area (Å²) >= 11 is 0. The average molecular weight is 484 g/mol. The van der Waals surface area contributed by atoms with Crippen LogP contribution in [-0.2, 0) is 6.42 Å². The Morgan fingerprint density at radius 1 is 0.971 bits per heavy atom. The molecular weight excluding hydrogens is 442 g/mol. The van der Waals surface area contributed by atoms with Gasteiger partial charge in [-0.05, 0) is 61.9 Å². The summed E-state index contributed by atoms with van der Waals surface area (Å²) in [6.07, 6.45) is 2.71. The first-order chi connectivity index (χ1) is 16.9. The molecule has 7 nitrogen and oxygen atoms in total. The monoisotopic (exact) mass is 483 g/mol. The Balaban J connectivity index is 2.52. The number of hydrogen-bond acceptors (Lipinski definition) is 5. The molecule has 0 aromatic heterocycles. The summed E-state index contributed by atoms with van der Waals surface area (Å²) < 4.78 is 0. The van der Waals surface area contributed by atoms with Gasteiger partial charge in [0.2, 0.25) is 5.91 Å². The quantitative estimate of drug-likeness (QED) is 0.274. The van der Waals surface area contributed by atoms with Crippen molar-refractivity contribution >= 4 is 11.8 Å². The van der Waals surface area contributed by atoms with Gasteiger partial charge in [-0.15, -0.1) is 0 Å². The number of rotatable bonds is 16. The number of nitrogens with zero attached hydrogens (tertiary/aromatic N) is 1. The van der Waals surface area contributed by atoms with Crippen molar-refractivity contribution in [1.29, 1.82) is 0 Å². The number of nitrogens with two attached hydrogens (primary N) is 1. The zero-order chi connectivity index (χ0) is 25.6. The van der Waals surface area contributed by atoms with Crippen molar-refractivity contribution < 1.29 is 19.8 Å². The lowest BCUT2D eigenvalue weighted by molar-refractivity contribution is 0.0751. The fourth-order valence-corrected chi connectivity index (χ4v) is 4.44. The van der Waals surface area contributed by atoms with Gasteiger partial charge in [0.25, 0.3) is 5.91 Å². The average Bonchev–Trinajstić information content (AvgIpc) is 2.86. The van der Waals surface area contributed by atoms with Crippen molar-refractivity contribution in [2.75, 3.05) is 32.8 Å². The molecule has 0 fully saturated rings. The maximum Gasteiger partial charge on any atom is 0.254 e. The summed E-state index contributed by atoms with van der Waals surface area (Å²) in [5.41, 5.74) is 7.97. The second kappa shape index (κ2) is 15.3. The molecule has 2 atom stereocenters. The smallest absolute Gasteiger partial charge is 0.254 e. The molecule has 0 bridgehead atoms. The van der Waals surface area contributed by atoms with Crippen LogP contribution in [-0.4, -0.2) is 65.8 Å². The van der Waals surface area contributed by atoms with Crippen LogP contribution in [0.1, 0.15) is 77.3 Å². The molecule has 0 saturated carbocycles. The van der Waals surface area contributed by atoms with E-state index in [4.69, 9.17) is 10.8 Å². The van der Waals surface area contributed by atoms with Crippen molar-refractivity contribution in [3.63, 3.8) is 0 Å². The van der Waals surface area contributed by atoms with E-state index in [9.17, 15) is 14.7 Å². The lowest BCUT2D eigenvalue weighted by Crippen LogP contribution is -2.37. The van der Waals surface area contributed by atoms with E-state index in [1.807, 2.05) is 49.1 Å². The maximum absolute atomic E-state index is 13.7. The Labute approximate surface area is 209 Å². The molecule has 0 spiro atoms. The normalized spacial score (nSPS) is 12.8. The van der Waals surface area contributed by atoms with E-state index >= 15 is 0 Å². The van der Waals surface area contributed by atoms with Crippen molar-refractivity contribution in [2.45, 2.75) is 58.0 Å². The molecule has 7 heteroatoms. The third-order valence-electron chi connectivity index (χ3n) is 6.13. The van der Waals surface area contributed by atoms with E-state index in [1.54, 1.807) is 18.2 Å². The highest BCUT2D eigenvalue weighted by molar-refractivity contribution is 6.02. The summed E-state index contributed by atoms with van der Waals surface area (Å²) in [4.78, 5) is 28.0. The summed E-state index contributed by atoms with van der Waals surface area (Å²) in [6.45, 7) is 6.36. The maximum atomic E-state index is 13.7. The number of hydrogen-bond donors (Lipinski definition) is 4. The zero-order valence-electron chi connectivity index (χ0n) is 21.1. The van der Waals surface area contributed by atoms with E-state index in [2.05, 4.69) is 5.32 Å². The van der Waals surface area contributed by atoms with Gasteiger partial charge in [0.05, 0.1) is 6.10 Å². The van der Waals surface area contributed by atoms with Crippen molar-refractivity contribution in [1.82, 2.24) is 10.2 Å². The van der Waals surface area contributed by atoms with Crippen molar-refractivity contribution in [2.24, 2.45) is 5.73 Å². The molecule has 0 aliphatic heterocycles. The van der Waals surface area contributed by atoms with Gasteiger partial charge in [0, 0.05) is 43.3 Å². The Morgan fingerprint density at radius 3 is 2.23 bits per heavy atom. The molecule has 2 aromatic rings. The first-order valence-corrected chi connectivity index (χ1v) is 12.7. The van der Waals surface area contributed by atoms with E-state index < -0.39 is 17.9 Å². The number of nitrogens with one attached hydrogen (secondary N) is 1. The number of aliphatic hydroxyl groups excluding tert-OH is 2. The largest absolute Gasteiger partial charge is 0.396 e. The highest BCUT2D eigenvalue weighted by Gasteiger charge is 2.31. The Morgan fingerprint density at radius 2 is 1.63 bits per heavy atom. The summed E-state index contributed by atoms with van der Waals surface area (Å²) in [6, 6.07) is 14.8. The van der Waals surface area contributed by atoms with E-state index in [1.165, 1.54) is 0 Å². The number of aliphatic hydroxyl groups is 2. The highest BCUT2D eigenvalue weighted by atomic mass is 16.3. The number of carbonyl (C=O) groups is 2. The van der Waals surface area contributed by atoms with Gasteiger partial charge in [-0.2, -0.15) is 0 Å². The number of benzene rings is 2. The predicted molar refractivity (Wildman–Crippen MR) is 140 cm³/mol. The summed E-state index contributed by atoms with van der Waals surface area (Å²) in [7, 11) is 0. The van der Waals surface area contributed by atoms with Crippen molar-refractivity contribution in [3.05, 3.63) is 70.8 Å². The molecule has 2 amide bonds. The second-order valence-electron chi connectivity index (χ2n) is 8.92. The van der Waals surface area contributed by atoms with Crippen LogP contribution in [0.2, 0.25) is 0 Å². The molecule has 35 heavy (non-hydrogen) atoms. The van der Waals surface area contributed by atoms with Gasteiger partial charge >= 0.3 is 0 Å². The van der Waals surface area contributed by atoms with Crippen LogP contribution in [0.5, 0.6) is 0 Å². The predicted octanol–water partition coefficient (Wildman–Crippen LogP) is 3.10. The summed E-state index contributed by atoms with van der Waals surface area (Å²) in [5.74, 6) is -1.28. The Bertz CT molecular complexity index is 914. The van der Waals surface area contributed by atoms with E-state index in [0.717, 1.165) is 24.8 Å².